The molecule has 1 atom stereocenters. The van der Waals surface area contributed by atoms with Crippen LogP contribution in [0.4, 0.5) is 0 Å². The third-order valence-electron chi connectivity index (χ3n) is 2.71. The molecule has 3 heteroatoms. The van der Waals surface area contributed by atoms with Crippen molar-refractivity contribution in [1.82, 2.24) is 4.90 Å². The van der Waals surface area contributed by atoms with Gasteiger partial charge in [0.05, 0.1) is 0 Å². The van der Waals surface area contributed by atoms with Crippen molar-refractivity contribution in [2.75, 3.05) is 38.7 Å². The fraction of sp³-hybridized carbons (Fsp3) is 1.00. The van der Waals surface area contributed by atoms with Crippen LogP contribution in [0.15, 0.2) is 0 Å². The normalized spacial score (nSPS) is 24.0. The maximum Gasteiger partial charge on any atom is 0.0474 e. The third kappa shape index (κ3) is 4.43. The van der Waals surface area contributed by atoms with Gasteiger partial charge in [0, 0.05) is 32.1 Å². The zero-order valence-electron chi connectivity index (χ0n) is 8.47. The smallest absolute Gasteiger partial charge is 0.0474 e. The van der Waals surface area contributed by atoms with Crippen LogP contribution in [-0.2, 0) is 4.74 Å². The van der Waals surface area contributed by atoms with Gasteiger partial charge in [-0.3, -0.25) is 0 Å². The van der Waals surface area contributed by atoms with Crippen LogP contribution in [-0.4, -0.2) is 43.6 Å². The number of hydrogen-bond donors (Lipinski definition) is 0. The molecule has 2 nitrogen and oxygen atoms in total. The molecule has 1 unspecified atom stereocenters. The lowest BCUT2D eigenvalue weighted by Gasteiger charge is -2.14. The highest BCUT2D eigenvalue weighted by Gasteiger charge is 2.20. The van der Waals surface area contributed by atoms with E-state index in [0.29, 0.717) is 0 Å². The molecule has 78 valence electrons. The number of likely N-dealkylation sites (tertiary alicyclic amines) is 1. The molecule has 0 radical (unpaired) electrons. The molecule has 0 aromatic carbocycles. The zero-order chi connectivity index (χ0) is 9.52. The van der Waals surface area contributed by atoms with Crippen LogP contribution in [0.3, 0.4) is 0 Å². The molecular formula is C10H20BrNO. The Bertz CT molecular complexity index is 132. The average molecular weight is 250 g/mol. The summed E-state index contributed by atoms with van der Waals surface area (Å²) < 4.78 is 5.04. The Morgan fingerprint density at radius 3 is 3.08 bits per heavy atom. The molecule has 1 aliphatic heterocycles. The molecule has 1 saturated heterocycles. The van der Waals surface area contributed by atoms with Gasteiger partial charge in [-0.15, -0.1) is 0 Å². The summed E-state index contributed by atoms with van der Waals surface area (Å²) in [6.45, 7) is 4.71. The Kier molecular flexibility index (Phi) is 6.00. The fourth-order valence-corrected chi connectivity index (χ4v) is 2.59. The molecule has 1 fully saturated rings. The SMILES string of the molecule is COCCCN1CCC(CCBr)C1. The van der Waals surface area contributed by atoms with E-state index in [1.165, 1.54) is 38.9 Å². The molecule has 0 saturated carbocycles. The molecule has 0 spiro atoms. The summed E-state index contributed by atoms with van der Waals surface area (Å²) in [5.41, 5.74) is 0. The van der Waals surface area contributed by atoms with E-state index in [2.05, 4.69) is 20.8 Å². The van der Waals surface area contributed by atoms with Gasteiger partial charge in [0.25, 0.3) is 0 Å². The molecule has 0 amide bonds. The predicted octanol–water partition coefficient (Wildman–Crippen LogP) is 2.13. The van der Waals surface area contributed by atoms with Crippen molar-refractivity contribution >= 4 is 15.9 Å². The molecule has 0 aliphatic carbocycles. The molecule has 0 bridgehead atoms. The number of rotatable bonds is 6. The molecule has 1 heterocycles. The Hall–Kier alpha value is 0.400. The van der Waals surface area contributed by atoms with E-state index in [-0.39, 0.29) is 0 Å². The van der Waals surface area contributed by atoms with Crippen molar-refractivity contribution in [1.29, 1.82) is 0 Å². The summed E-state index contributed by atoms with van der Waals surface area (Å²) in [6, 6.07) is 0. The largest absolute Gasteiger partial charge is 0.385 e. The van der Waals surface area contributed by atoms with E-state index in [1.54, 1.807) is 7.11 Å². The van der Waals surface area contributed by atoms with E-state index >= 15 is 0 Å². The van der Waals surface area contributed by atoms with Crippen molar-refractivity contribution in [3.8, 4) is 0 Å². The summed E-state index contributed by atoms with van der Waals surface area (Å²) in [5, 5.41) is 1.16. The molecule has 1 aliphatic rings. The first-order valence-electron chi connectivity index (χ1n) is 5.14. The average Bonchev–Trinajstić information content (AvgIpc) is 2.54. The summed E-state index contributed by atoms with van der Waals surface area (Å²) in [7, 11) is 1.78. The van der Waals surface area contributed by atoms with Gasteiger partial charge < -0.3 is 9.64 Å². The van der Waals surface area contributed by atoms with E-state index in [1.807, 2.05) is 0 Å². The van der Waals surface area contributed by atoms with Crippen LogP contribution in [0.5, 0.6) is 0 Å². The second-order valence-electron chi connectivity index (χ2n) is 3.78. The topological polar surface area (TPSA) is 12.5 Å². The van der Waals surface area contributed by atoms with Gasteiger partial charge in [0.2, 0.25) is 0 Å². The first-order valence-corrected chi connectivity index (χ1v) is 6.26. The quantitative estimate of drug-likeness (QED) is 0.529. The second-order valence-corrected chi connectivity index (χ2v) is 4.57. The van der Waals surface area contributed by atoms with Crippen molar-refractivity contribution in [3.63, 3.8) is 0 Å². The minimum absolute atomic E-state index is 0.902. The van der Waals surface area contributed by atoms with Gasteiger partial charge in [-0.1, -0.05) is 15.9 Å². The highest BCUT2D eigenvalue weighted by Crippen LogP contribution is 2.20. The third-order valence-corrected chi connectivity index (χ3v) is 3.17. The van der Waals surface area contributed by atoms with Crippen molar-refractivity contribution in [2.24, 2.45) is 5.92 Å². The number of ether oxygens (including phenoxy) is 1. The highest BCUT2D eigenvalue weighted by atomic mass is 79.9. The number of methoxy groups -OCH3 is 1. The summed E-state index contributed by atoms with van der Waals surface area (Å²) in [5.74, 6) is 0.932. The van der Waals surface area contributed by atoms with Gasteiger partial charge in [0.15, 0.2) is 0 Å². The van der Waals surface area contributed by atoms with E-state index in [4.69, 9.17) is 4.74 Å². The van der Waals surface area contributed by atoms with Gasteiger partial charge >= 0.3 is 0 Å². The minimum atomic E-state index is 0.902. The minimum Gasteiger partial charge on any atom is -0.385 e. The van der Waals surface area contributed by atoms with Crippen molar-refractivity contribution in [3.05, 3.63) is 0 Å². The van der Waals surface area contributed by atoms with Crippen LogP contribution in [0.2, 0.25) is 0 Å². The van der Waals surface area contributed by atoms with Gasteiger partial charge in [-0.2, -0.15) is 0 Å². The van der Waals surface area contributed by atoms with Gasteiger partial charge in [-0.25, -0.2) is 0 Å². The number of alkyl halides is 1. The van der Waals surface area contributed by atoms with Crippen LogP contribution in [0.1, 0.15) is 19.3 Å². The number of halogens is 1. The lowest BCUT2D eigenvalue weighted by molar-refractivity contribution is 0.178. The Morgan fingerprint density at radius 2 is 2.38 bits per heavy atom. The Labute approximate surface area is 89.8 Å². The maximum absolute atomic E-state index is 5.04. The summed E-state index contributed by atoms with van der Waals surface area (Å²) >= 11 is 3.50. The lowest BCUT2D eigenvalue weighted by atomic mass is 10.1. The van der Waals surface area contributed by atoms with Crippen LogP contribution in [0, 0.1) is 5.92 Å². The fourth-order valence-electron chi connectivity index (χ4n) is 1.94. The van der Waals surface area contributed by atoms with Crippen molar-refractivity contribution < 1.29 is 4.74 Å². The summed E-state index contributed by atoms with van der Waals surface area (Å²) in [6.07, 6.45) is 3.90. The molecule has 1 rings (SSSR count). The van der Waals surface area contributed by atoms with Crippen LogP contribution < -0.4 is 0 Å². The second kappa shape index (κ2) is 6.80. The molecule has 0 aromatic rings. The number of hydrogen-bond acceptors (Lipinski definition) is 2. The zero-order valence-corrected chi connectivity index (χ0v) is 10.1. The highest BCUT2D eigenvalue weighted by molar-refractivity contribution is 9.09. The standard InChI is InChI=1S/C10H20BrNO/c1-13-8-2-6-12-7-4-10(9-12)3-5-11/h10H,2-9H2,1H3. The molecule has 0 N–H and O–H groups in total. The van der Waals surface area contributed by atoms with E-state index in [9.17, 15) is 0 Å². The maximum atomic E-state index is 5.04. The molecular weight excluding hydrogens is 230 g/mol. The van der Waals surface area contributed by atoms with Gasteiger partial charge in [-0.05, 0) is 31.7 Å². The first kappa shape index (κ1) is 11.5. The van der Waals surface area contributed by atoms with Gasteiger partial charge in [0.1, 0.15) is 0 Å². The van der Waals surface area contributed by atoms with Crippen molar-refractivity contribution in [2.45, 2.75) is 19.3 Å². The molecule has 13 heavy (non-hydrogen) atoms. The first-order chi connectivity index (χ1) is 6.36. The Morgan fingerprint density at radius 1 is 1.54 bits per heavy atom. The molecule has 0 aromatic heterocycles. The van der Waals surface area contributed by atoms with E-state index < -0.39 is 0 Å². The summed E-state index contributed by atoms with van der Waals surface area (Å²) in [4.78, 5) is 2.56. The van der Waals surface area contributed by atoms with Crippen LogP contribution >= 0.6 is 15.9 Å². The Balaban J connectivity index is 2.03. The lowest BCUT2D eigenvalue weighted by Crippen LogP contribution is -2.22. The van der Waals surface area contributed by atoms with E-state index in [0.717, 1.165) is 17.9 Å². The number of nitrogens with zero attached hydrogens (tertiary/aromatic N) is 1. The van der Waals surface area contributed by atoms with Crippen LogP contribution in [0.25, 0.3) is 0 Å². The monoisotopic (exact) mass is 249 g/mol. The predicted molar refractivity (Wildman–Crippen MR) is 59.5 cm³/mol.